The Hall–Kier alpha value is -1.67. The fourth-order valence-corrected chi connectivity index (χ4v) is 3.03. The monoisotopic (exact) mass is 308 g/mol. The van der Waals surface area contributed by atoms with E-state index in [9.17, 15) is 0 Å². The third-order valence-electron chi connectivity index (χ3n) is 2.52. The van der Waals surface area contributed by atoms with Gasteiger partial charge in [-0.3, -0.25) is 0 Å². The Bertz CT molecular complexity index is 677. The fourth-order valence-electron chi connectivity index (χ4n) is 1.60. The van der Waals surface area contributed by atoms with Gasteiger partial charge in [-0.05, 0) is 25.3 Å². The first-order valence-corrected chi connectivity index (χ1v) is 7.78. The lowest BCUT2D eigenvalue weighted by molar-refractivity contribution is 0.374. The number of aromatic nitrogens is 4. The molecule has 0 aliphatic rings. The maximum atomic E-state index is 5.61. The molecule has 3 heterocycles. The highest BCUT2D eigenvalue weighted by Crippen LogP contribution is 2.33. The number of rotatable bonds is 5. The molecule has 0 N–H and O–H groups in total. The molecule has 8 heteroatoms. The summed E-state index contributed by atoms with van der Waals surface area (Å²) in [5.74, 6) is 1.80. The number of hydrogen-bond donors (Lipinski definition) is 0. The number of thiophene rings is 1. The van der Waals surface area contributed by atoms with E-state index in [-0.39, 0.29) is 5.25 Å². The van der Waals surface area contributed by atoms with Gasteiger partial charge in [0.05, 0.1) is 11.7 Å². The molecule has 0 fully saturated rings. The van der Waals surface area contributed by atoms with E-state index in [0.717, 1.165) is 0 Å². The minimum Gasteiger partial charge on any atom is -0.416 e. The minimum absolute atomic E-state index is 0.0220. The van der Waals surface area contributed by atoms with Gasteiger partial charge in [0.15, 0.2) is 5.82 Å². The Labute approximate surface area is 123 Å². The molecule has 0 amide bonds. The highest BCUT2D eigenvalue weighted by atomic mass is 32.2. The minimum atomic E-state index is -0.0220. The summed E-state index contributed by atoms with van der Waals surface area (Å²) in [7, 11) is 0. The topological polar surface area (TPSA) is 77.8 Å². The summed E-state index contributed by atoms with van der Waals surface area (Å²) in [6.45, 7) is 3.75. The normalized spacial score (nSPS) is 12.7. The highest BCUT2D eigenvalue weighted by molar-refractivity contribution is 7.99. The van der Waals surface area contributed by atoms with Crippen molar-refractivity contribution in [3.63, 3.8) is 0 Å². The van der Waals surface area contributed by atoms with Crippen molar-refractivity contribution in [2.24, 2.45) is 0 Å². The van der Waals surface area contributed by atoms with Gasteiger partial charge in [0.2, 0.25) is 11.8 Å². The molecule has 6 nitrogen and oxygen atoms in total. The molecule has 0 aliphatic carbocycles. The van der Waals surface area contributed by atoms with E-state index in [2.05, 4.69) is 20.3 Å². The predicted molar refractivity (Wildman–Crippen MR) is 74.7 cm³/mol. The smallest absolute Gasteiger partial charge is 0.277 e. The Morgan fingerprint density at radius 3 is 3.00 bits per heavy atom. The molecule has 0 saturated carbocycles. The summed E-state index contributed by atoms with van der Waals surface area (Å²) in [6.07, 6.45) is 0.666. The van der Waals surface area contributed by atoms with Crippen LogP contribution in [0, 0.1) is 6.92 Å². The van der Waals surface area contributed by atoms with Crippen molar-refractivity contribution in [3.05, 3.63) is 40.0 Å². The van der Waals surface area contributed by atoms with Crippen molar-refractivity contribution >= 4 is 23.1 Å². The van der Waals surface area contributed by atoms with Crippen LogP contribution in [0.1, 0.15) is 34.7 Å². The van der Waals surface area contributed by atoms with Crippen LogP contribution in [0.4, 0.5) is 0 Å². The van der Waals surface area contributed by atoms with E-state index in [4.69, 9.17) is 8.94 Å². The first-order chi connectivity index (χ1) is 9.70. The Kier molecular flexibility index (Phi) is 3.83. The zero-order valence-electron chi connectivity index (χ0n) is 10.9. The van der Waals surface area contributed by atoms with Crippen molar-refractivity contribution in [3.8, 4) is 0 Å². The Balaban J connectivity index is 1.65. The SMILES string of the molecule is Cc1noc([C@@H](C)Sc2nnc(Cc3cccs3)o2)n1. The van der Waals surface area contributed by atoms with Crippen molar-refractivity contribution in [2.75, 3.05) is 0 Å². The second-order valence-corrected chi connectivity index (χ2v) is 6.48. The molecule has 1 atom stereocenters. The summed E-state index contributed by atoms with van der Waals surface area (Å²) in [5.41, 5.74) is 0. The standard InChI is InChI=1S/C12H12N4O2S2/c1-7(11-13-8(2)16-18-11)20-12-15-14-10(17-12)6-9-4-3-5-19-9/h3-5,7H,6H2,1-2H3/t7-/m1/s1. The lowest BCUT2D eigenvalue weighted by Gasteiger charge is -2.00. The molecule has 0 unspecified atom stereocenters. The molecular weight excluding hydrogens is 296 g/mol. The molecular formula is C12H12N4O2S2. The number of aryl methyl sites for hydroxylation is 1. The fraction of sp³-hybridized carbons (Fsp3) is 0.333. The molecule has 0 aliphatic heterocycles. The van der Waals surface area contributed by atoms with Crippen molar-refractivity contribution < 1.29 is 8.94 Å². The Morgan fingerprint density at radius 2 is 2.30 bits per heavy atom. The highest BCUT2D eigenvalue weighted by Gasteiger charge is 2.18. The third-order valence-corrected chi connectivity index (χ3v) is 4.32. The third kappa shape index (κ3) is 3.07. The van der Waals surface area contributed by atoms with E-state index >= 15 is 0 Å². The summed E-state index contributed by atoms with van der Waals surface area (Å²) < 4.78 is 10.7. The molecule has 3 rings (SSSR count). The second kappa shape index (κ2) is 5.76. The van der Waals surface area contributed by atoms with Crippen LogP contribution in [-0.2, 0) is 6.42 Å². The summed E-state index contributed by atoms with van der Waals surface area (Å²) in [6, 6.07) is 4.05. The largest absolute Gasteiger partial charge is 0.416 e. The van der Waals surface area contributed by atoms with Gasteiger partial charge in [-0.2, -0.15) is 4.98 Å². The first kappa shape index (κ1) is 13.3. The molecule has 104 valence electrons. The lowest BCUT2D eigenvalue weighted by atomic mass is 10.3. The summed E-state index contributed by atoms with van der Waals surface area (Å²) >= 11 is 3.08. The van der Waals surface area contributed by atoms with Crippen molar-refractivity contribution in [1.82, 2.24) is 20.3 Å². The molecule has 0 radical (unpaired) electrons. The quantitative estimate of drug-likeness (QED) is 0.669. The van der Waals surface area contributed by atoms with Gasteiger partial charge in [0.1, 0.15) is 0 Å². The van der Waals surface area contributed by atoms with E-state index in [0.29, 0.717) is 29.2 Å². The molecule has 20 heavy (non-hydrogen) atoms. The van der Waals surface area contributed by atoms with Gasteiger partial charge in [-0.1, -0.05) is 23.0 Å². The van der Waals surface area contributed by atoms with Gasteiger partial charge in [-0.15, -0.1) is 21.5 Å². The van der Waals surface area contributed by atoms with Crippen molar-refractivity contribution in [2.45, 2.75) is 30.7 Å². The summed E-state index contributed by atoms with van der Waals surface area (Å²) in [5, 5.41) is 14.4. The van der Waals surface area contributed by atoms with Gasteiger partial charge in [-0.25, -0.2) is 0 Å². The van der Waals surface area contributed by atoms with Crippen LogP contribution in [-0.4, -0.2) is 20.3 Å². The van der Waals surface area contributed by atoms with Gasteiger partial charge in [0, 0.05) is 4.88 Å². The van der Waals surface area contributed by atoms with Gasteiger partial charge < -0.3 is 8.94 Å². The zero-order valence-corrected chi connectivity index (χ0v) is 12.6. The lowest BCUT2D eigenvalue weighted by Crippen LogP contribution is -1.88. The molecule has 0 aromatic carbocycles. The predicted octanol–water partition coefficient (Wildman–Crippen LogP) is 3.27. The zero-order chi connectivity index (χ0) is 13.9. The maximum Gasteiger partial charge on any atom is 0.277 e. The van der Waals surface area contributed by atoms with Crippen LogP contribution >= 0.6 is 23.1 Å². The van der Waals surface area contributed by atoms with Crippen LogP contribution in [0.25, 0.3) is 0 Å². The van der Waals surface area contributed by atoms with Gasteiger partial charge in [0.25, 0.3) is 5.22 Å². The Morgan fingerprint density at radius 1 is 1.40 bits per heavy atom. The van der Waals surface area contributed by atoms with E-state index in [1.807, 2.05) is 24.4 Å². The molecule has 3 aromatic rings. The molecule has 0 spiro atoms. The van der Waals surface area contributed by atoms with Crippen LogP contribution in [0.15, 0.2) is 31.7 Å². The number of nitrogens with zero attached hydrogens (tertiary/aromatic N) is 4. The number of hydrogen-bond acceptors (Lipinski definition) is 8. The van der Waals surface area contributed by atoms with Crippen LogP contribution < -0.4 is 0 Å². The average Bonchev–Trinajstić information content (AvgIpc) is 3.13. The van der Waals surface area contributed by atoms with Crippen LogP contribution in [0.2, 0.25) is 0 Å². The van der Waals surface area contributed by atoms with Crippen molar-refractivity contribution in [1.29, 1.82) is 0 Å². The van der Waals surface area contributed by atoms with E-state index < -0.39 is 0 Å². The van der Waals surface area contributed by atoms with E-state index in [1.54, 1.807) is 18.3 Å². The van der Waals surface area contributed by atoms with E-state index in [1.165, 1.54) is 16.6 Å². The van der Waals surface area contributed by atoms with Gasteiger partial charge >= 0.3 is 0 Å². The summed E-state index contributed by atoms with van der Waals surface area (Å²) in [4.78, 5) is 5.39. The second-order valence-electron chi connectivity index (χ2n) is 4.16. The first-order valence-electron chi connectivity index (χ1n) is 6.02. The molecule has 0 saturated heterocycles. The number of thioether (sulfide) groups is 1. The average molecular weight is 308 g/mol. The maximum absolute atomic E-state index is 5.61. The van der Waals surface area contributed by atoms with Crippen LogP contribution in [0.5, 0.6) is 0 Å². The molecule has 0 bridgehead atoms. The molecule has 3 aromatic heterocycles. The van der Waals surface area contributed by atoms with Crippen LogP contribution in [0.3, 0.4) is 0 Å².